The summed E-state index contributed by atoms with van der Waals surface area (Å²) in [5.41, 5.74) is 5.24. The van der Waals surface area contributed by atoms with Gasteiger partial charge >= 0.3 is 0 Å². The highest BCUT2D eigenvalue weighted by molar-refractivity contribution is 5.82. The van der Waals surface area contributed by atoms with Gasteiger partial charge in [-0.2, -0.15) is 0 Å². The molecule has 0 aromatic rings. The Labute approximate surface area is 93.0 Å². The number of amides is 1. The van der Waals surface area contributed by atoms with Crippen LogP contribution in [-0.4, -0.2) is 29.4 Å². The Balaban J connectivity index is 2.80. The van der Waals surface area contributed by atoms with E-state index in [1.165, 1.54) is 6.42 Å². The zero-order valence-electron chi connectivity index (χ0n) is 10.4. The van der Waals surface area contributed by atoms with E-state index in [9.17, 15) is 4.79 Å². The molecule has 0 bridgehead atoms. The molecule has 0 radical (unpaired) electrons. The minimum atomic E-state index is -0.417. The van der Waals surface area contributed by atoms with Gasteiger partial charge in [-0.15, -0.1) is 0 Å². The molecule has 2 atom stereocenters. The molecule has 1 fully saturated rings. The first kappa shape index (κ1) is 12.5. The molecule has 2 N–H and O–H groups in total. The Morgan fingerprint density at radius 2 is 1.80 bits per heavy atom. The van der Waals surface area contributed by atoms with Gasteiger partial charge in [0.2, 0.25) is 5.91 Å². The topological polar surface area (TPSA) is 46.3 Å². The molecule has 3 heteroatoms. The van der Waals surface area contributed by atoms with Crippen LogP contribution in [-0.2, 0) is 4.79 Å². The van der Waals surface area contributed by atoms with Crippen molar-refractivity contribution >= 4 is 5.91 Å². The van der Waals surface area contributed by atoms with Gasteiger partial charge in [0.05, 0.1) is 5.41 Å². The van der Waals surface area contributed by atoms with Crippen molar-refractivity contribution in [3.05, 3.63) is 0 Å². The molecule has 2 unspecified atom stereocenters. The molecule has 1 aliphatic rings. The van der Waals surface area contributed by atoms with Crippen LogP contribution in [0.25, 0.3) is 0 Å². The molecule has 0 aliphatic carbocycles. The Hall–Kier alpha value is -0.570. The first-order valence-electron chi connectivity index (χ1n) is 5.93. The molecule has 1 rings (SSSR count). The number of hydrogen-bond acceptors (Lipinski definition) is 2. The monoisotopic (exact) mass is 212 g/mol. The average molecular weight is 212 g/mol. The standard InChI is InChI=1S/C12H24N2O/c1-9-6-5-7-10(2)14(9)11(15)12(3,4)8-13/h9-10H,5-8,13H2,1-4H3. The fourth-order valence-corrected chi connectivity index (χ4v) is 2.26. The SMILES string of the molecule is CC1CCCC(C)N1C(=O)C(C)(C)CN. The van der Waals surface area contributed by atoms with Crippen LogP contribution in [0.3, 0.4) is 0 Å². The van der Waals surface area contributed by atoms with E-state index in [2.05, 4.69) is 13.8 Å². The van der Waals surface area contributed by atoms with Crippen LogP contribution >= 0.6 is 0 Å². The Bertz CT molecular complexity index is 228. The van der Waals surface area contributed by atoms with Gasteiger partial charge in [-0.1, -0.05) is 0 Å². The van der Waals surface area contributed by atoms with Gasteiger partial charge in [-0.05, 0) is 47.0 Å². The number of nitrogens with two attached hydrogens (primary N) is 1. The van der Waals surface area contributed by atoms with Gasteiger partial charge in [-0.3, -0.25) is 4.79 Å². The third-order valence-corrected chi connectivity index (χ3v) is 3.52. The van der Waals surface area contributed by atoms with E-state index in [4.69, 9.17) is 5.73 Å². The van der Waals surface area contributed by atoms with Crippen molar-refractivity contribution in [2.45, 2.75) is 59.0 Å². The Kier molecular flexibility index (Phi) is 3.77. The fraction of sp³-hybridized carbons (Fsp3) is 0.917. The molecule has 0 aromatic carbocycles. The van der Waals surface area contributed by atoms with Gasteiger partial charge < -0.3 is 10.6 Å². The second-order valence-electron chi connectivity index (χ2n) is 5.43. The Morgan fingerprint density at radius 3 is 2.20 bits per heavy atom. The van der Waals surface area contributed by atoms with E-state index >= 15 is 0 Å². The van der Waals surface area contributed by atoms with Crippen LogP contribution in [0.1, 0.15) is 47.0 Å². The molecular formula is C12H24N2O. The van der Waals surface area contributed by atoms with Crippen LogP contribution < -0.4 is 5.73 Å². The van der Waals surface area contributed by atoms with E-state index in [-0.39, 0.29) is 5.91 Å². The number of carbonyl (C=O) groups excluding carboxylic acids is 1. The van der Waals surface area contributed by atoms with Crippen LogP contribution in [0.4, 0.5) is 0 Å². The van der Waals surface area contributed by atoms with Crippen molar-refractivity contribution in [2.75, 3.05) is 6.54 Å². The van der Waals surface area contributed by atoms with E-state index in [1.807, 2.05) is 18.7 Å². The third kappa shape index (κ3) is 2.51. The van der Waals surface area contributed by atoms with E-state index in [0.717, 1.165) is 12.8 Å². The summed E-state index contributed by atoms with van der Waals surface area (Å²) in [7, 11) is 0. The molecule has 88 valence electrons. The molecule has 0 aromatic heterocycles. The number of carbonyl (C=O) groups is 1. The van der Waals surface area contributed by atoms with Crippen LogP contribution in [0.5, 0.6) is 0 Å². The number of hydrogen-bond donors (Lipinski definition) is 1. The highest BCUT2D eigenvalue weighted by Gasteiger charge is 2.36. The summed E-state index contributed by atoms with van der Waals surface area (Å²) in [6.07, 6.45) is 3.47. The maximum Gasteiger partial charge on any atom is 0.229 e. The first-order chi connectivity index (χ1) is 6.90. The highest BCUT2D eigenvalue weighted by Crippen LogP contribution is 2.28. The predicted molar refractivity (Wildman–Crippen MR) is 62.5 cm³/mol. The van der Waals surface area contributed by atoms with E-state index < -0.39 is 5.41 Å². The van der Waals surface area contributed by atoms with Gasteiger partial charge in [-0.25, -0.2) is 0 Å². The molecule has 3 nitrogen and oxygen atoms in total. The summed E-state index contributed by atoms with van der Waals surface area (Å²) in [6.45, 7) is 8.56. The third-order valence-electron chi connectivity index (χ3n) is 3.52. The number of likely N-dealkylation sites (tertiary alicyclic amines) is 1. The van der Waals surface area contributed by atoms with Crippen LogP contribution in [0, 0.1) is 5.41 Å². The maximum absolute atomic E-state index is 12.3. The lowest BCUT2D eigenvalue weighted by Crippen LogP contribution is -2.53. The quantitative estimate of drug-likeness (QED) is 0.758. The summed E-state index contributed by atoms with van der Waals surface area (Å²) in [4.78, 5) is 14.4. The molecule has 15 heavy (non-hydrogen) atoms. The van der Waals surface area contributed by atoms with Crippen molar-refractivity contribution in [2.24, 2.45) is 11.1 Å². The molecule has 1 saturated heterocycles. The van der Waals surface area contributed by atoms with Gasteiger partial charge in [0.1, 0.15) is 0 Å². The minimum Gasteiger partial charge on any atom is -0.337 e. The number of rotatable bonds is 2. The van der Waals surface area contributed by atoms with Crippen molar-refractivity contribution in [1.82, 2.24) is 4.90 Å². The molecule has 1 amide bonds. The molecule has 0 spiro atoms. The van der Waals surface area contributed by atoms with Crippen molar-refractivity contribution < 1.29 is 4.79 Å². The average Bonchev–Trinajstić information content (AvgIpc) is 2.17. The van der Waals surface area contributed by atoms with Gasteiger partial charge in [0.15, 0.2) is 0 Å². The number of piperidine rings is 1. The number of nitrogens with zero attached hydrogens (tertiary/aromatic N) is 1. The molecule has 1 heterocycles. The van der Waals surface area contributed by atoms with Gasteiger partial charge in [0.25, 0.3) is 0 Å². The maximum atomic E-state index is 12.3. The second kappa shape index (κ2) is 4.52. The van der Waals surface area contributed by atoms with Crippen molar-refractivity contribution in [3.63, 3.8) is 0 Å². The molecular weight excluding hydrogens is 188 g/mol. The zero-order chi connectivity index (χ0) is 11.6. The van der Waals surface area contributed by atoms with Crippen LogP contribution in [0.2, 0.25) is 0 Å². The van der Waals surface area contributed by atoms with Crippen molar-refractivity contribution in [1.29, 1.82) is 0 Å². The summed E-state index contributed by atoms with van der Waals surface area (Å²) in [6, 6.07) is 0.735. The second-order valence-corrected chi connectivity index (χ2v) is 5.43. The lowest BCUT2D eigenvalue weighted by molar-refractivity contribution is -0.146. The smallest absolute Gasteiger partial charge is 0.229 e. The van der Waals surface area contributed by atoms with E-state index in [0.29, 0.717) is 18.6 Å². The lowest BCUT2D eigenvalue weighted by Gasteiger charge is -2.42. The lowest BCUT2D eigenvalue weighted by atomic mass is 9.87. The normalized spacial score (nSPS) is 27.9. The summed E-state index contributed by atoms with van der Waals surface area (Å²) >= 11 is 0. The Morgan fingerprint density at radius 1 is 1.33 bits per heavy atom. The summed E-state index contributed by atoms with van der Waals surface area (Å²) in [5, 5.41) is 0. The summed E-state index contributed by atoms with van der Waals surface area (Å²) < 4.78 is 0. The van der Waals surface area contributed by atoms with Gasteiger partial charge in [0, 0.05) is 18.6 Å². The fourth-order valence-electron chi connectivity index (χ4n) is 2.26. The first-order valence-corrected chi connectivity index (χ1v) is 5.93. The zero-order valence-corrected chi connectivity index (χ0v) is 10.4. The molecule has 0 saturated carbocycles. The largest absolute Gasteiger partial charge is 0.337 e. The van der Waals surface area contributed by atoms with Crippen molar-refractivity contribution in [3.8, 4) is 0 Å². The summed E-state index contributed by atoms with van der Waals surface area (Å²) in [5.74, 6) is 0.213. The minimum absolute atomic E-state index is 0.213. The molecule has 1 aliphatic heterocycles. The van der Waals surface area contributed by atoms with E-state index in [1.54, 1.807) is 0 Å². The van der Waals surface area contributed by atoms with Crippen LogP contribution in [0.15, 0.2) is 0 Å². The highest BCUT2D eigenvalue weighted by atomic mass is 16.2. The predicted octanol–water partition coefficient (Wildman–Crippen LogP) is 1.76.